The molecule has 0 unspecified atom stereocenters. The summed E-state index contributed by atoms with van der Waals surface area (Å²) in [7, 11) is 0. The van der Waals surface area contributed by atoms with E-state index in [-0.39, 0.29) is 23.4 Å². The van der Waals surface area contributed by atoms with E-state index in [1.807, 2.05) is 13.8 Å². The molecule has 0 amide bonds. The second-order valence-corrected chi connectivity index (χ2v) is 3.72. The summed E-state index contributed by atoms with van der Waals surface area (Å²) in [5.74, 6) is 0.428. The van der Waals surface area contributed by atoms with Crippen molar-refractivity contribution in [3.8, 4) is 0 Å². The first-order valence-electron chi connectivity index (χ1n) is 5.64. The topological polar surface area (TPSA) is 34.1 Å². The molecule has 1 aliphatic carbocycles. The van der Waals surface area contributed by atoms with Gasteiger partial charge in [0.25, 0.3) is 0 Å². The lowest BCUT2D eigenvalue weighted by Gasteiger charge is -2.27. The van der Waals surface area contributed by atoms with Crippen LogP contribution in [0.15, 0.2) is 0 Å². The zero-order valence-corrected chi connectivity index (χ0v) is 9.80. The standard InChI is InChI=1S/C10H16O2.C2H6/c1-7(11)9-5-3-4-6-10(9)8(2)12;1-2/h9-10H,3-6H2,1-2H3;1-2H3/t9-,10+;. The summed E-state index contributed by atoms with van der Waals surface area (Å²) in [4.78, 5) is 22.3. The van der Waals surface area contributed by atoms with Crippen LogP contribution in [0.1, 0.15) is 53.4 Å². The van der Waals surface area contributed by atoms with E-state index < -0.39 is 0 Å². The number of rotatable bonds is 2. The molecule has 0 spiro atoms. The van der Waals surface area contributed by atoms with Gasteiger partial charge in [-0.05, 0) is 26.7 Å². The number of hydrogen-bond acceptors (Lipinski definition) is 2. The maximum absolute atomic E-state index is 11.2. The second kappa shape index (κ2) is 6.74. The molecule has 1 fully saturated rings. The maximum Gasteiger partial charge on any atom is 0.133 e. The van der Waals surface area contributed by atoms with Crippen LogP contribution in [0.2, 0.25) is 0 Å². The number of hydrogen-bond donors (Lipinski definition) is 0. The molecule has 0 saturated heterocycles. The maximum atomic E-state index is 11.2. The van der Waals surface area contributed by atoms with Crippen molar-refractivity contribution in [3.63, 3.8) is 0 Å². The van der Waals surface area contributed by atoms with Crippen LogP contribution < -0.4 is 0 Å². The third kappa shape index (κ3) is 3.60. The molecule has 0 aromatic carbocycles. The Hall–Kier alpha value is -0.660. The highest BCUT2D eigenvalue weighted by Gasteiger charge is 2.31. The van der Waals surface area contributed by atoms with Gasteiger partial charge < -0.3 is 0 Å². The number of ketones is 2. The number of Topliss-reactive ketones (excluding diaryl/α,β-unsaturated/α-hetero) is 2. The first kappa shape index (κ1) is 13.3. The number of carbonyl (C=O) groups excluding carboxylic acids is 2. The Balaban J connectivity index is 0.000000791. The largest absolute Gasteiger partial charge is 0.300 e. The van der Waals surface area contributed by atoms with E-state index in [2.05, 4.69) is 0 Å². The number of carbonyl (C=O) groups is 2. The minimum absolute atomic E-state index is 0.0243. The summed E-state index contributed by atoms with van der Waals surface area (Å²) >= 11 is 0. The molecule has 2 heteroatoms. The quantitative estimate of drug-likeness (QED) is 0.683. The monoisotopic (exact) mass is 198 g/mol. The summed E-state index contributed by atoms with van der Waals surface area (Å²) in [5.41, 5.74) is 0. The third-order valence-corrected chi connectivity index (χ3v) is 2.81. The molecule has 0 bridgehead atoms. The third-order valence-electron chi connectivity index (χ3n) is 2.81. The molecule has 2 nitrogen and oxygen atoms in total. The molecule has 14 heavy (non-hydrogen) atoms. The van der Waals surface area contributed by atoms with Gasteiger partial charge in [-0.2, -0.15) is 0 Å². The molecule has 1 rings (SSSR count). The van der Waals surface area contributed by atoms with Gasteiger partial charge in [0.05, 0.1) is 0 Å². The van der Waals surface area contributed by atoms with E-state index in [0.717, 1.165) is 25.7 Å². The Bertz CT molecular complexity index is 174. The van der Waals surface area contributed by atoms with Gasteiger partial charge in [0, 0.05) is 11.8 Å². The smallest absolute Gasteiger partial charge is 0.133 e. The van der Waals surface area contributed by atoms with E-state index in [4.69, 9.17) is 0 Å². The summed E-state index contributed by atoms with van der Waals surface area (Å²) < 4.78 is 0. The van der Waals surface area contributed by atoms with Crippen LogP contribution in [-0.4, -0.2) is 11.6 Å². The lowest BCUT2D eigenvalue weighted by Crippen LogP contribution is -2.30. The normalized spacial score (nSPS) is 26.0. The summed E-state index contributed by atoms with van der Waals surface area (Å²) in [6, 6.07) is 0. The lowest BCUT2D eigenvalue weighted by atomic mass is 9.75. The lowest BCUT2D eigenvalue weighted by molar-refractivity contribution is -0.131. The van der Waals surface area contributed by atoms with E-state index in [1.54, 1.807) is 13.8 Å². The first-order valence-corrected chi connectivity index (χ1v) is 5.64. The van der Waals surface area contributed by atoms with Crippen LogP contribution in [0.25, 0.3) is 0 Å². The van der Waals surface area contributed by atoms with Crippen molar-refractivity contribution in [2.75, 3.05) is 0 Å². The fourth-order valence-corrected chi connectivity index (χ4v) is 2.10. The van der Waals surface area contributed by atoms with Crippen molar-refractivity contribution >= 4 is 11.6 Å². The van der Waals surface area contributed by atoms with Gasteiger partial charge in [0.15, 0.2) is 0 Å². The molecule has 1 aliphatic rings. The molecule has 0 aromatic heterocycles. The molecule has 0 aromatic rings. The highest BCUT2D eigenvalue weighted by molar-refractivity contribution is 5.87. The van der Waals surface area contributed by atoms with Crippen LogP contribution in [-0.2, 0) is 9.59 Å². The minimum Gasteiger partial charge on any atom is -0.300 e. The molecule has 0 heterocycles. The van der Waals surface area contributed by atoms with Gasteiger partial charge in [-0.1, -0.05) is 26.7 Å². The average Bonchev–Trinajstić information content (AvgIpc) is 2.20. The van der Waals surface area contributed by atoms with Crippen molar-refractivity contribution in [1.29, 1.82) is 0 Å². The van der Waals surface area contributed by atoms with Crippen LogP contribution in [0.5, 0.6) is 0 Å². The second-order valence-electron chi connectivity index (χ2n) is 3.72. The van der Waals surface area contributed by atoms with E-state index in [0.29, 0.717) is 0 Å². The Morgan fingerprint density at radius 1 is 0.857 bits per heavy atom. The Kier molecular flexibility index (Phi) is 6.43. The summed E-state index contributed by atoms with van der Waals surface area (Å²) in [6.07, 6.45) is 4.04. The van der Waals surface area contributed by atoms with Crippen molar-refractivity contribution in [2.24, 2.45) is 11.8 Å². The van der Waals surface area contributed by atoms with Gasteiger partial charge in [0.1, 0.15) is 11.6 Å². The molecular weight excluding hydrogens is 176 g/mol. The first-order chi connectivity index (χ1) is 6.63. The van der Waals surface area contributed by atoms with Crippen LogP contribution >= 0.6 is 0 Å². The van der Waals surface area contributed by atoms with Crippen molar-refractivity contribution in [2.45, 2.75) is 53.4 Å². The van der Waals surface area contributed by atoms with E-state index >= 15 is 0 Å². The van der Waals surface area contributed by atoms with Gasteiger partial charge in [-0.15, -0.1) is 0 Å². The SMILES string of the molecule is CC.CC(=O)[C@H]1CCCC[C@H]1C(C)=O. The minimum atomic E-state index is 0.0243. The molecule has 2 atom stereocenters. The van der Waals surface area contributed by atoms with Crippen molar-refractivity contribution in [3.05, 3.63) is 0 Å². The highest BCUT2D eigenvalue weighted by Crippen LogP contribution is 2.31. The fraction of sp³-hybridized carbons (Fsp3) is 0.833. The zero-order chi connectivity index (χ0) is 11.1. The van der Waals surface area contributed by atoms with Crippen LogP contribution in [0.3, 0.4) is 0 Å². The fourth-order valence-electron chi connectivity index (χ4n) is 2.10. The predicted molar refractivity (Wildman–Crippen MR) is 58.2 cm³/mol. The van der Waals surface area contributed by atoms with Gasteiger partial charge in [-0.3, -0.25) is 9.59 Å². The molecule has 0 N–H and O–H groups in total. The molecule has 0 radical (unpaired) electrons. The van der Waals surface area contributed by atoms with E-state index in [1.165, 1.54) is 0 Å². The van der Waals surface area contributed by atoms with E-state index in [9.17, 15) is 9.59 Å². The summed E-state index contributed by atoms with van der Waals surface area (Å²) in [5, 5.41) is 0. The predicted octanol–water partition coefficient (Wildman–Crippen LogP) is 3.00. The molecule has 1 saturated carbocycles. The van der Waals surface area contributed by atoms with Gasteiger partial charge in [-0.25, -0.2) is 0 Å². The van der Waals surface area contributed by atoms with Crippen molar-refractivity contribution < 1.29 is 9.59 Å². The molecule has 0 aliphatic heterocycles. The Labute approximate surface area is 87.1 Å². The molecule has 82 valence electrons. The van der Waals surface area contributed by atoms with Gasteiger partial charge >= 0.3 is 0 Å². The Morgan fingerprint density at radius 2 is 1.14 bits per heavy atom. The van der Waals surface area contributed by atoms with Crippen LogP contribution in [0, 0.1) is 11.8 Å². The van der Waals surface area contributed by atoms with Crippen molar-refractivity contribution in [1.82, 2.24) is 0 Å². The molecular formula is C12H22O2. The zero-order valence-electron chi connectivity index (χ0n) is 9.80. The van der Waals surface area contributed by atoms with Gasteiger partial charge in [0.2, 0.25) is 0 Å². The highest BCUT2D eigenvalue weighted by atomic mass is 16.1. The Morgan fingerprint density at radius 3 is 1.36 bits per heavy atom. The average molecular weight is 198 g/mol. The van der Waals surface area contributed by atoms with Crippen LogP contribution in [0.4, 0.5) is 0 Å². The summed E-state index contributed by atoms with van der Waals surface area (Å²) in [6.45, 7) is 7.21.